The molecule has 6 nitrogen and oxygen atoms in total. The summed E-state index contributed by atoms with van der Waals surface area (Å²) >= 11 is 0. The van der Waals surface area contributed by atoms with E-state index in [-0.39, 0.29) is 18.2 Å². The minimum absolute atomic E-state index is 0.0774. The van der Waals surface area contributed by atoms with Gasteiger partial charge in [-0.1, -0.05) is 20.8 Å². The fraction of sp³-hybridized carbons (Fsp3) is 0.500. The Morgan fingerprint density at radius 3 is 2.27 bits per heavy atom. The summed E-state index contributed by atoms with van der Waals surface area (Å²) in [5, 5.41) is 5.49. The van der Waals surface area contributed by atoms with Crippen LogP contribution in [0.5, 0.6) is 11.5 Å². The molecule has 0 radical (unpaired) electrons. The molecule has 2 N–H and O–H groups in total. The molecule has 1 aromatic rings. The van der Waals surface area contributed by atoms with E-state index in [1.165, 1.54) is 7.11 Å². The van der Waals surface area contributed by atoms with Crippen molar-refractivity contribution in [2.24, 2.45) is 5.41 Å². The number of carbonyl (C=O) groups is 2. The van der Waals surface area contributed by atoms with Crippen LogP contribution in [0.1, 0.15) is 27.2 Å². The predicted molar refractivity (Wildman–Crippen MR) is 85.3 cm³/mol. The first-order chi connectivity index (χ1) is 10.3. The minimum Gasteiger partial charge on any atom is -0.493 e. The molecule has 22 heavy (non-hydrogen) atoms. The molecule has 1 aromatic carbocycles. The average Bonchev–Trinajstić information content (AvgIpc) is 2.45. The van der Waals surface area contributed by atoms with E-state index in [9.17, 15) is 9.59 Å². The lowest BCUT2D eigenvalue weighted by Crippen LogP contribution is -2.36. The van der Waals surface area contributed by atoms with E-state index in [4.69, 9.17) is 9.47 Å². The van der Waals surface area contributed by atoms with Gasteiger partial charge >= 0.3 is 0 Å². The lowest BCUT2D eigenvalue weighted by molar-refractivity contribution is -0.128. The summed E-state index contributed by atoms with van der Waals surface area (Å²) in [5.74, 6) is 0.882. The van der Waals surface area contributed by atoms with Crippen molar-refractivity contribution in [2.45, 2.75) is 27.2 Å². The van der Waals surface area contributed by atoms with Gasteiger partial charge in [0.25, 0.3) is 0 Å². The van der Waals surface area contributed by atoms with Gasteiger partial charge in [-0.15, -0.1) is 0 Å². The van der Waals surface area contributed by atoms with Crippen LogP contribution in [-0.4, -0.2) is 32.6 Å². The quantitative estimate of drug-likeness (QED) is 0.844. The Morgan fingerprint density at radius 1 is 1.09 bits per heavy atom. The van der Waals surface area contributed by atoms with E-state index >= 15 is 0 Å². The van der Waals surface area contributed by atoms with Crippen molar-refractivity contribution < 1.29 is 19.1 Å². The van der Waals surface area contributed by atoms with Crippen LogP contribution in [-0.2, 0) is 9.59 Å². The first-order valence-corrected chi connectivity index (χ1v) is 7.08. The van der Waals surface area contributed by atoms with Gasteiger partial charge in [-0.05, 0) is 12.1 Å². The lowest BCUT2D eigenvalue weighted by Gasteiger charge is -2.17. The summed E-state index contributed by atoms with van der Waals surface area (Å²) in [6.45, 7) is 5.78. The molecule has 0 aromatic heterocycles. The maximum Gasteiger partial charge on any atom is 0.226 e. The standard InChI is InChI=1S/C16H24N2O4/c1-16(2,3)15(20)17-9-8-14(19)18-11-6-7-12(21-4)13(10-11)22-5/h6-7,10H,8-9H2,1-5H3,(H,17,20)(H,18,19). The lowest BCUT2D eigenvalue weighted by atomic mass is 9.96. The zero-order chi connectivity index (χ0) is 16.8. The topological polar surface area (TPSA) is 76.7 Å². The molecule has 0 aliphatic carbocycles. The van der Waals surface area contributed by atoms with E-state index in [0.29, 0.717) is 23.7 Å². The normalized spacial score (nSPS) is 10.8. The van der Waals surface area contributed by atoms with Gasteiger partial charge in [0, 0.05) is 30.1 Å². The highest BCUT2D eigenvalue weighted by Crippen LogP contribution is 2.29. The number of anilines is 1. The van der Waals surface area contributed by atoms with Crippen LogP contribution in [0.4, 0.5) is 5.69 Å². The van der Waals surface area contributed by atoms with Crippen molar-refractivity contribution in [3.8, 4) is 11.5 Å². The SMILES string of the molecule is COc1ccc(NC(=O)CCNC(=O)C(C)(C)C)cc1OC. The Kier molecular flexibility index (Phi) is 6.22. The van der Waals surface area contributed by atoms with Crippen molar-refractivity contribution in [3.63, 3.8) is 0 Å². The van der Waals surface area contributed by atoms with E-state index in [1.807, 2.05) is 20.8 Å². The minimum atomic E-state index is -0.459. The van der Waals surface area contributed by atoms with E-state index in [2.05, 4.69) is 10.6 Å². The summed E-state index contributed by atoms with van der Waals surface area (Å²) in [6.07, 6.45) is 0.205. The fourth-order valence-corrected chi connectivity index (χ4v) is 1.69. The van der Waals surface area contributed by atoms with Crippen LogP contribution < -0.4 is 20.1 Å². The maximum atomic E-state index is 11.9. The molecule has 0 heterocycles. The number of carbonyl (C=O) groups excluding carboxylic acids is 2. The summed E-state index contributed by atoms with van der Waals surface area (Å²) in [5.41, 5.74) is 0.157. The highest BCUT2D eigenvalue weighted by Gasteiger charge is 2.20. The molecule has 0 aliphatic rings. The second-order valence-electron chi connectivity index (χ2n) is 5.87. The third kappa shape index (κ3) is 5.27. The molecule has 6 heteroatoms. The number of ether oxygens (including phenoxy) is 2. The molecule has 0 spiro atoms. The van der Waals surface area contributed by atoms with Crippen LogP contribution in [0.2, 0.25) is 0 Å². The van der Waals surface area contributed by atoms with Crippen molar-refractivity contribution >= 4 is 17.5 Å². The van der Waals surface area contributed by atoms with Gasteiger partial charge in [-0.3, -0.25) is 9.59 Å². The molecule has 0 bridgehead atoms. The van der Waals surface area contributed by atoms with Gasteiger partial charge in [0.05, 0.1) is 14.2 Å². The Labute approximate surface area is 131 Å². The zero-order valence-corrected chi connectivity index (χ0v) is 13.8. The van der Waals surface area contributed by atoms with Gasteiger partial charge in [0.15, 0.2) is 11.5 Å². The maximum absolute atomic E-state index is 11.9. The molecule has 0 fully saturated rings. The number of hydrogen-bond acceptors (Lipinski definition) is 4. The zero-order valence-electron chi connectivity index (χ0n) is 13.8. The van der Waals surface area contributed by atoms with Crippen molar-refractivity contribution in [1.82, 2.24) is 5.32 Å². The number of amides is 2. The Hall–Kier alpha value is -2.24. The van der Waals surface area contributed by atoms with E-state index in [1.54, 1.807) is 25.3 Å². The molecule has 1 rings (SSSR count). The van der Waals surface area contributed by atoms with Gasteiger partial charge in [-0.25, -0.2) is 0 Å². The van der Waals surface area contributed by atoms with E-state index in [0.717, 1.165) is 0 Å². The summed E-state index contributed by atoms with van der Waals surface area (Å²) in [7, 11) is 3.08. The summed E-state index contributed by atoms with van der Waals surface area (Å²) in [4.78, 5) is 23.5. The molecule has 0 saturated heterocycles. The number of hydrogen-bond donors (Lipinski definition) is 2. The molecule has 0 atom stereocenters. The van der Waals surface area contributed by atoms with Crippen molar-refractivity contribution in [3.05, 3.63) is 18.2 Å². The fourth-order valence-electron chi connectivity index (χ4n) is 1.69. The van der Waals surface area contributed by atoms with Crippen molar-refractivity contribution in [2.75, 3.05) is 26.1 Å². The number of nitrogens with one attached hydrogen (secondary N) is 2. The summed E-state index contributed by atoms with van der Waals surface area (Å²) in [6, 6.07) is 5.13. The molecular formula is C16H24N2O4. The van der Waals surface area contributed by atoms with Crippen LogP contribution in [0, 0.1) is 5.41 Å². The van der Waals surface area contributed by atoms with Crippen LogP contribution in [0.25, 0.3) is 0 Å². The smallest absolute Gasteiger partial charge is 0.226 e. The molecule has 2 amide bonds. The first-order valence-electron chi connectivity index (χ1n) is 7.08. The monoisotopic (exact) mass is 308 g/mol. The molecule has 0 saturated carbocycles. The largest absolute Gasteiger partial charge is 0.493 e. The Bertz CT molecular complexity index is 535. The molecule has 122 valence electrons. The van der Waals surface area contributed by atoms with Gasteiger partial charge in [-0.2, -0.15) is 0 Å². The Balaban J connectivity index is 2.50. The van der Waals surface area contributed by atoms with Crippen LogP contribution in [0.15, 0.2) is 18.2 Å². The second kappa shape index (κ2) is 7.68. The van der Waals surface area contributed by atoms with Crippen LogP contribution in [0.3, 0.4) is 0 Å². The highest BCUT2D eigenvalue weighted by molar-refractivity contribution is 5.91. The molecule has 0 aliphatic heterocycles. The van der Waals surface area contributed by atoms with Gasteiger partial charge in [0.1, 0.15) is 0 Å². The number of benzene rings is 1. The highest BCUT2D eigenvalue weighted by atomic mass is 16.5. The van der Waals surface area contributed by atoms with Crippen molar-refractivity contribution in [1.29, 1.82) is 0 Å². The summed E-state index contributed by atoms with van der Waals surface area (Å²) < 4.78 is 10.3. The third-order valence-electron chi connectivity index (χ3n) is 2.99. The number of rotatable bonds is 6. The van der Waals surface area contributed by atoms with Gasteiger partial charge < -0.3 is 20.1 Å². The molecule has 0 unspecified atom stereocenters. The average molecular weight is 308 g/mol. The Morgan fingerprint density at radius 2 is 1.73 bits per heavy atom. The predicted octanol–water partition coefficient (Wildman–Crippen LogP) is 2.19. The molecular weight excluding hydrogens is 284 g/mol. The number of methoxy groups -OCH3 is 2. The van der Waals surface area contributed by atoms with Gasteiger partial charge in [0.2, 0.25) is 11.8 Å². The van der Waals surface area contributed by atoms with E-state index < -0.39 is 5.41 Å². The third-order valence-corrected chi connectivity index (χ3v) is 2.99. The second-order valence-corrected chi connectivity index (χ2v) is 5.87. The first kappa shape index (κ1) is 17.8. The van der Waals surface area contributed by atoms with Crippen LogP contribution >= 0.6 is 0 Å².